The lowest BCUT2D eigenvalue weighted by atomic mass is 9.80. The van der Waals surface area contributed by atoms with E-state index in [1.807, 2.05) is 0 Å². The second-order valence-corrected chi connectivity index (χ2v) is 6.44. The third-order valence-electron chi connectivity index (χ3n) is 4.56. The van der Waals surface area contributed by atoms with E-state index in [9.17, 15) is 8.78 Å². The van der Waals surface area contributed by atoms with Crippen LogP contribution in [0.2, 0.25) is 0 Å². The van der Waals surface area contributed by atoms with Gasteiger partial charge in [-0.2, -0.15) is 0 Å². The molecule has 1 nitrogen and oxygen atoms in total. The summed E-state index contributed by atoms with van der Waals surface area (Å²) in [6, 6.07) is 8.90. The van der Waals surface area contributed by atoms with Crippen LogP contribution < -0.4 is 5.32 Å². The molecular formula is C18H27F2N. The van der Waals surface area contributed by atoms with Crippen LogP contribution in [0.3, 0.4) is 0 Å². The summed E-state index contributed by atoms with van der Waals surface area (Å²) in [4.78, 5) is 0. The predicted octanol–water partition coefficient (Wildman–Crippen LogP) is 4.73. The van der Waals surface area contributed by atoms with E-state index in [-0.39, 0.29) is 12.8 Å². The van der Waals surface area contributed by atoms with Gasteiger partial charge < -0.3 is 5.32 Å². The van der Waals surface area contributed by atoms with Gasteiger partial charge in [0.15, 0.2) is 0 Å². The Kier molecular flexibility index (Phi) is 5.74. The monoisotopic (exact) mass is 295 g/mol. The predicted molar refractivity (Wildman–Crippen MR) is 83.9 cm³/mol. The smallest absolute Gasteiger partial charge is 0.248 e. The molecule has 1 N–H and O–H groups in total. The van der Waals surface area contributed by atoms with Gasteiger partial charge in [-0.3, -0.25) is 0 Å². The molecule has 0 amide bonds. The zero-order chi connectivity index (χ0) is 15.3. The van der Waals surface area contributed by atoms with Crippen molar-refractivity contribution in [3.8, 4) is 0 Å². The first-order valence-corrected chi connectivity index (χ1v) is 8.17. The summed E-state index contributed by atoms with van der Waals surface area (Å²) >= 11 is 0. The molecule has 1 aromatic rings. The van der Waals surface area contributed by atoms with Crippen LogP contribution >= 0.6 is 0 Å². The maximum atomic E-state index is 13.3. The van der Waals surface area contributed by atoms with E-state index < -0.39 is 5.92 Å². The summed E-state index contributed by atoms with van der Waals surface area (Å²) in [5, 5.41) is 3.58. The van der Waals surface area contributed by atoms with E-state index in [1.54, 1.807) is 0 Å². The van der Waals surface area contributed by atoms with Crippen LogP contribution in [0.5, 0.6) is 0 Å². The number of hydrogen-bond acceptors (Lipinski definition) is 1. The number of rotatable bonds is 6. The van der Waals surface area contributed by atoms with E-state index >= 15 is 0 Å². The molecule has 3 heteroatoms. The molecular weight excluding hydrogens is 268 g/mol. The molecule has 0 radical (unpaired) electrons. The van der Waals surface area contributed by atoms with Crippen molar-refractivity contribution >= 4 is 0 Å². The van der Waals surface area contributed by atoms with Gasteiger partial charge >= 0.3 is 0 Å². The lowest BCUT2D eigenvalue weighted by Gasteiger charge is -2.34. The highest BCUT2D eigenvalue weighted by Crippen LogP contribution is 2.38. The summed E-state index contributed by atoms with van der Waals surface area (Å²) in [6.45, 7) is 5.19. The molecule has 0 heterocycles. The number of hydrogen-bond donors (Lipinski definition) is 1. The van der Waals surface area contributed by atoms with Gasteiger partial charge in [0.2, 0.25) is 5.92 Å². The molecule has 1 fully saturated rings. The van der Waals surface area contributed by atoms with Crippen LogP contribution in [-0.2, 0) is 6.42 Å². The molecule has 0 saturated heterocycles. The van der Waals surface area contributed by atoms with Crippen LogP contribution in [0.4, 0.5) is 8.78 Å². The summed E-state index contributed by atoms with van der Waals surface area (Å²) < 4.78 is 26.7. The van der Waals surface area contributed by atoms with E-state index in [4.69, 9.17) is 0 Å². The molecule has 1 saturated carbocycles. The SMILES string of the molecule is CCCNC(Cc1ccc(C)cc1)C1CCC(F)(F)CC1. The van der Waals surface area contributed by atoms with E-state index in [2.05, 4.69) is 43.4 Å². The van der Waals surface area contributed by atoms with Crippen molar-refractivity contribution in [2.45, 2.75) is 64.3 Å². The van der Waals surface area contributed by atoms with Gasteiger partial charge in [0.1, 0.15) is 0 Å². The maximum Gasteiger partial charge on any atom is 0.248 e. The van der Waals surface area contributed by atoms with Gasteiger partial charge in [-0.25, -0.2) is 8.78 Å². The summed E-state index contributed by atoms with van der Waals surface area (Å²) in [5.74, 6) is -2.06. The second kappa shape index (κ2) is 7.35. The van der Waals surface area contributed by atoms with Gasteiger partial charge in [-0.05, 0) is 50.6 Å². The van der Waals surface area contributed by atoms with Crippen LogP contribution in [0.15, 0.2) is 24.3 Å². The van der Waals surface area contributed by atoms with E-state index in [0.29, 0.717) is 24.8 Å². The van der Waals surface area contributed by atoms with Crippen molar-refractivity contribution in [2.24, 2.45) is 5.92 Å². The first kappa shape index (κ1) is 16.4. The van der Waals surface area contributed by atoms with Crippen LogP contribution in [0.1, 0.15) is 50.2 Å². The normalized spacial score (nSPS) is 20.4. The fraction of sp³-hybridized carbons (Fsp3) is 0.667. The zero-order valence-corrected chi connectivity index (χ0v) is 13.2. The van der Waals surface area contributed by atoms with Crippen molar-refractivity contribution in [2.75, 3.05) is 6.54 Å². The third-order valence-corrected chi connectivity index (χ3v) is 4.56. The fourth-order valence-corrected chi connectivity index (χ4v) is 3.18. The van der Waals surface area contributed by atoms with Crippen LogP contribution in [0.25, 0.3) is 0 Å². The van der Waals surface area contributed by atoms with Crippen molar-refractivity contribution < 1.29 is 8.78 Å². The summed E-state index contributed by atoms with van der Waals surface area (Å²) in [7, 11) is 0. The highest BCUT2D eigenvalue weighted by atomic mass is 19.3. The molecule has 2 rings (SSSR count). The molecule has 1 aromatic carbocycles. The topological polar surface area (TPSA) is 12.0 Å². The first-order chi connectivity index (χ1) is 10.00. The summed E-state index contributed by atoms with van der Waals surface area (Å²) in [6.07, 6.45) is 3.40. The number of nitrogens with one attached hydrogen (secondary N) is 1. The van der Waals surface area contributed by atoms with Gasteiger partial charge in [-0.15, -0.1) is 0 Å². The number of benzene rings is 1. The molecule has 0 aromatic heterocycles. The molecule has 1 unspecified atom stereocenters. The number of halogens is 2. The van der Waals surface area contributed by atoms with Gasteiger partial charge in [-0.1, -0.05) is 36.8 Å². The van der Waals surface area contributed by atoms with Gasteiger partial charge in [0, 0.05) is 18.9 Å². The summed E-state index contributed by atoms with van der Waals surface area (Å²) in [5.41, 5.74) is 2.56. The molecule has 0 aliphatic heterocycles. The maximum absolute atomic E-state index is 13.3. The third kappa shape index (κ3) is 5.06. The Morgan fingerprint density at radius 2 is 1.81 bits per heavy atom. The Hall–Kier alpha value is -0.960. The minimum atomic E-state index is -2.43. The Morgan fingerprint density at radius 1 is 1.19 bits per heavy atom. The van der Waals surface area contributed by atoms with Gasteiger partial charge in [0.05, 0.1) is 0 Å². The van der Waals surface area contributed by atoms with Crippen molar-refractivity contribution in [1.82, 2.24) is 5.32 Å². The van der Waals surface area contributed by atoms with E-state index in [1.165, 1.54) is 11.1 Å². The lowest BCUT2D eigenvalue weighted by molar-refractivity contribution is -0.0495. The largest absolute Gasteiger partial charge is 0.313 e. The Balaban J connectivity index is 1.99. The molecule has 1 aliphatic carbocycles. The molecule has 0 bridgehead atoms. The van der Waals surface area contributed by atoms with Crippen LogP contribution in [0, 0.1) is 12.8 Å². The highest BCUT2D eigenvalue weighted by molar-refractivity contribution is 5.22. The van der Waals surface area contributed by atoms with Crippen LogP contribution in [-0.4, -0.2) is 18.5 Å². The number of alkyl halides is 2. The molecule has 1 aliphatic rings. The fourth-order valence-electron chi connectivity index (χ4n) is 3.18. The second-order valence-electron chi connectivity index (χ2n) is 6.44. The number of aryl methyl sites for hydroxylation is 1. The minimum Gasteiger partial charge on any atom is -0.313 e. The standard InChI is InChI=1S/C18H27F2N/c1-3-12-21-17(13-15-6-4-14(2)5-7-15)16-8-10-18(19,20)11-9-16/h4-7,16-17,21H,3,8-13H2,1-2H3. The molecule has 1 atom stereocenters. The highest BCUT2D eigenvalue weighted by Gasteiger charge is 2.37. The van der Waals surface area contributed by atoms with Crippen molar-refractivity contribution in [3.63, 3.8) is 0 Å². The average molecular weight is 295 g/mol. The van der Waals surface area contributed by atoms with Crippen molar-refractivity contribution in [3.05, 3.63) is 35.4 Å². The quantitative estimate of drug-likeness (QED) is 0.800. The Bertz CT molecular complexity index is 417. The molecule has 21 heavy (non-hydrogen) atoms. The molecule has 118 valence electrons. The Morgan fingerprint density at radius 3 is 2.38 bits per heavy atom. The molecule has 0 spiro atoms. The first-order valence-electron chi connectivity index (χ1n) is 8.17. The Labute approximate surface area is 127 Å². The lowest BCUT2D eigenvalue weighted by Crippen LogP contribution is -2.41. The minimum absolute atomic E-state index is 0.0515. The zero-order valence-electron chi connectivity index (χ0n) is 13.2. The van der Waals surface area contributed by atoms with Gasteiger partial charge in [0.25, 0.3) is 0 Å². The average Bonchev–Trinajstić information content (AvgIpc) is 2.46. The van der Waals surface area contributed by atoms with E-state index in [0.717, 1.165) is 19.4 Å². The van der Waals surface area contributed by atoms with Crippen molar-refractivity contribution in [1.29, 1.82) is 0 Å².